The van der Waals surface area contributed by atoms with Crippen LogP contribution in [0.3, 0.4) is 0 Å². The number of hydrogen-bond acceptors (Lipinski definition) is 5. The lowest BCUT2D eigenvalue weighted by molar-refractivity contribution is 0.138. The highest BCUT2D eigenvalue weighted by Gasteiger charge is 2.29. The Kier molecular flexibility index (Phi) is 100.0. The number of fused-ring (bicyclic) bond motifs is 1. The highest BCUT2D eigenvalue weighted by molar-refractivity contribution is 5.38. The molecule has 12 rings (SSSR count). The molecule has 0 fully saturated rings. The number of aromatic nitrogens is 2. The summed E-state index contributed by atoms with van der Waals surface area (Å²) in [5, 5.41) is 4.10. The molecule has 127 heavy (non-hydrogen) atoms. The van der Waals surface area contributed by atoms with Gasteiger partial charge in [0.25, 0.3) is 0 Å². The molecule has 0 amide bonds. The topological polar surface area (TPSA) is 54.7 Å². The Labute approximate surface area is 791 Å². The normalized spacial score (nSPS) is 10.1. The van der Waals surface area contributed by atoms with Crippen LogP contribution in [0.5, 0.6) is 17.2 Å². The van der Waals surface area contributed by atoms with Crippen LogP contribution in [-0.4, -0.2) is 43.8 Å². The van der Waals surface area contributed by atoms with E-state index in [4.69, 9.17) is 14.2 Å². The number of hydrogen-bond donors (Lipinski definition) is 0. The van der Waals surface area contributed by atoms with Crippen molar-refractivity contribution >= 4 is 0 Å². The second-order valence-corrected chi connectivity index (χ2v) is 35.2. The van der Waals surface area contributed by atoms with Crippen molar-refractivity contribution in [3.63, 3.8) is 0 Å². The van der Waals surface area contributed by atoms with Gasteiger partial charge in [-0.2, -0.15) is 5.10 Å². The van der Waals surface area contributed by atoms with Gasteiger partial charge in [0, 0.05) is 33.0 Å². The SMILES string of the molecule is C.CC.CC.CC.CC.CC.CC.CC.CC.CC.CC(C)(C)C.CC(C)(C)C.CC(C)(C)Cc1ccccc1.CC(C)(C)c1ccccc1.CC(C)(C)c1ccccc1.CC(C)(C)c1ccccc1.CC(C)(C)c1ccccc1.CC1(C)Cc2ccccc2O1.COC.COc1ccccc1.COc1ccccc1.c1ccc(-n2cccn2)cc1.c1ccccc1. The summed E-state index contributed by atoms with van der Waals surface area (Å²) in [6.07, 6.45) is 5.89. The van der Waals surface area contributed by atoms with Crippen LogP contribution in [-0.2, 0) is 39.2 Å². The molecule has 2 heterocycles. The van der Waals surface area contributed by atoms with Crippen LogP contribution < -0.4 is 14.2 Å². The minimum absolute atomic E-state index is 0. The maximum Gasteiger partial charge on any atom is 0.123 e. The van der Waals surface area contributed by atoms with Crippen LogP contribution in [0.1, 0.15) is 339 Å². The molecule has 6 heteroatoms. The molecule has 0 spiro atoms. The quantitative estimate of drug-likeness (QED) is 0.176. The van der Waals surface area contributed by atoms with Crippen LogP contribution in [0.4, 0.5) is 0 Å². The Morgan fingerprint density at radius 1 is 0.291 bits per heavy atom. The molecule has 0 saturated heterocycles. The molecule has 6 nitrogen and oxygen atoms in total. The third-order valence-corrected chi connectivity index (χ3v) is 14.3. The maximum atomic E-state index is 5.69. The summed E-state index contributed by atoms with van der Waals surface area (Å²) >= 11 is 0. The molecule has 720 valence electrons. The lowest BCUT2D eigenvalue weighted by Gasteiger charge is -2.18. The molecule has 0 bridgehead atoms. The highest BCUT2D eigenvalue weighted by atomic mass is 16.5. The minimum atomic E-state index is 0. The molecule has 1 aromatic heterocycles. The first-order valence-corrected chi connectivity index (χ1v) is 47.1. The molecule has 0 atom stereocenters. The smallest absolute Gasteiger partial charge is 0.123 e. The van der Waals surface area contributed by atoms with Crippen molar-refractivity contribution in [2.45, 2.75) is 345 Å². The van der Waals surface area contributed by atoms with E-state index < -0.39 is 0 Å². The van der Waals surface area contributed by atoms with Crippen LogP contribution in [0, 0.1) is 16.2 Å². The fraction of sp³-hybridized carbons (Fsp3) is 0.479. The average molecular weight is 1750 g/mol. The van der Waals surface area contributed by atoms with E-state index in [0.29, 0.717) is 37.9 Å². The maximum absolute atomic E-state index is 5.69. The molecule has 0 radical (unpaired) electrons. The molecular weight excluding hydrogens is 1550 g/mol. The number of ether oxygens (including phenoxy) is 4. The number of rotatable bonds is 4. The molecule has 0 saturated carbocycles. The minimum Gasteiger partial charge on any atom is -0.497 e. The van der Waals surface area contributed by atoms with Crippen molar-refractivity contribution in [3.8, 4) is 22.9 Å². The van der Waals surface area contributed by atoms with Crippen LogP contribution in [0.2, 0.25) is 0 Å². The third-order valence-electron chi connectivity index (χ3n) is 14.3. The van der Waals surface area contributed by atoms with Crippen molar-refractivity contribution in [1.29, 1.82) is 0 Å². The van der Waals surface area contributed by atoms with Crippen molar-refractivity contribution in [3.05, 3.63) is 355 Å². The highest BCUT2D eigenvalue weighted by Crippen LogP contribution is 2.34. The van der Waals surface area contributed by atoms with Crippen molar-refractivity contribution in [2.24, 2.45) is 16.2 Å². The predicted octanol–water partition coefficient (Wildman–Crippen LogP) is 38.8. The summed E-state index contributed by atoms with van der Waals surface area (Å²) in [7, 11) is 6.57. The predicted molar refractivity (Wildman–Crippen MR) is 583 cm³/mol. The average Bonchev–Trinajstić information content (AvgIpc) is 1.67. The van der Waals surface area contributed by atoms with Crippen LogP contribution in [0.15, 0.2) is 322 Å². The first-order chi connectivity index (χ1) is 59.4. The Morgan fingerprint density at radius 3 is 0.685 bits per heavy atom. The number of nitrogens with zero attached hydrogens (tertiary/aromatic N) is 2. The Hall–Kier alpha value is -9.23. The van der Waals surface area contributed by atoms with Crippen molar-refractivity contribution in [2.75, 3.05) is 28.4 Å². The van der Waals surface area contributed by atoms with Crippen LogP contribution in [0.25, 0.3) is 5.69 Å². The second kappa shape index (κ2) is 90.1. The lowest BCUT2D eigenvalue weighted by Crippen LogP contribution is -2.24. The largest absolute Gasteiger partial charge is 0.497 e. The zero-order valence-corrected chi connectivity index (χ0v) is 90.5. The monoisotopic (exact) mass is 1750 g/mol. The van der Waals surface area contributed by atoms with E-state index in [1.807, 2.05) is 281 Å². The van der Waals surface area contributed by atoms with Gasteiger partial charge in [-0.05, 0) is 140 Å². The number of benzene rings is 10. The van der Waals surface area contributed by atoms with E-state index in [-0.39, 0.29) is 13.0 Å². The van der Waals surface area contributed by atoms with Gasteiger partial charge in [0.1, 0.15) is 22.8 Å². The molecule has 10 aromatic carbocycles. The summed E-state index contributed by atoms with van der Waals surface area (Å²) in [5.74, 6) is 2.87. The summed E-state index contributed by atoms with van der Waals surface area (Å²) in [5.41, 5.74) is 12.0. The van der Waals surface area contributed by atoms with E-state index in [2.05, 4.69) is 347 Å². The molecule has 1 aliphatic heterocycles. The molecule has 0 aliphatic carbocycles. The van der Waals surface area contributed by atoms with E-state index in [1.165, 1.54) is 33.4 Å². The molecule has 0 unspecified atom stereocenters. The number of para-hydroxylation sites is 4. The zero-order chi connectivity index (χ0) is 99.8. The standard InChI is InChI=1S/C11H16.C10H12O.4C10H14.C9H8N2.2C7H8O.C6H6.2C5H12.C2H6O.9C2H6.CH4/c1-11(2,3)9-10-7-5-4-6-8-10;1-10(2)7-8-5-3-4-6-9(8)11-10;4*1-10(2,3)9-7-5-4-6-8-9;1-2-5-9(6-3-1)11-8-4-7-10-11;2*1-8-7-5-3-2-4-6-7;1-2-4-6-5-3-1;2*1-5(2,3)4;1-3-2;9*1-2;/h4-8H,9H2,1-3H3;3-6H,7H2,1-2H3;4*4-8H,1-3H3;1-8H;2*2-6H,1H3;1-6H;2*1-4H3;1-2H3;9*1-2H3;1H4. The summed E-state index contributed by atoms with van der Waals surface area (Å²) in [6.45, 7) is 91.2. The summed E-state index contributed by atoms with van der Waals surface area (Å²) < 4.78 is 21.6. The molecule has 1 aliphatic rings. The molecular formula is C121H202N2O4. The first kappa shape index (κ1) is 141. The van der Waals surface area contributed by atoms with Crippen LogP contribution >= 0.6 is 0 Å². The summed E-state index contributed by atoms with van der Waals surface area (Å²) in [4.78, 5) is 0. The van der Waals surface area contributed by atoms with E-state index in [0.717, 1.165) is 35.8 Å². The third kappa shape index (κ3) is 97.2. The Bertz CT molecular complexity index is 3480. The van der Waals surface area contributed by atoms with Gasteiger partial charge in [-0.3, -0.25) is 0 Å². The fourth-order valence-electron chi connectivity index (χ4n) is 9.00. The fourth-order valence-corrected chi connectivity index (χ4v) is 9.00. The van der Waals surface area contributed by atoms with Gasteiger partial charge in [0.15, 0.2) is 0 Å². The Morgan fingerprint density at radius 2 is 0.496 bits per heavy atom. The zero-order valence-electron chi connectivity index (χ0n) is 90.5. The van der Waals surface area contributed by atoms with Gasteiger partial charge in [-0.1, -0.05) is 552 Å². The first-order valence-electron chi connectivity index (χ1n) is 47.1. The van der Waals surface area contributed by atoms with Gasteiger partial charge in [-0.25, -0.2) is 4.68 Å². The molecule has 11 aromatic rings. The Balaban J connectivity index is -0.000000126. The van der Waals surface area contributed by atoms with Gasteiger partial charge in [0.05, 0.1) is 19.9 Å². The van der Waals surface area contributed by atoms with Crippen molar-refractivity contribution < 1.29 is 18.9 Å². The molecule has 0 N–H and O–H groups in total. The second-order valence-electron chi connectivity index (χ2n) is 35.2. The van der Waals surface area contributed by atoms with E-state index in [9.17, 15) is 0 Å². The van der Waals surface area contributed by atoms with Gasteiger partial charge in [-0.15, -0.1) is 0 Å². The van der Waals surface area contributed by atoms with Gasteiger partial charge >= 0.3 is 0 Å². The van der Waals surface area contributed by atoms with E-state index >= 15 is 0 Å². The lowest BCUT2D eigenvalue weighted by atomic mass is 9.87. The van der Waals surface area contributed by atoms with Crippen molar-refractivity contribution in [1.82, 2.24) is 9.78 Å². The van der Waals surface area contributed by atoms with E-state index in [1.54, 1.807) is 34.6 Å². The summed E-state index contributed by atoms with van der Waals surface area (Å²) in [6, 6.07) is 104. The van der Waals surface area contributed by atoms with Gasteiger partial charge < -0.3 is 18.9 Å². The number of methoxy groups -OCH3 is 3. The van der Waals surface area contributed by atoms with Gasteiger partial charge in [0.2, 0.25) is 0 Å².